The Morgan fingerprint density at radius 3 is 2.58 bits per heavy atom. The molecule has 0 aliphatic carbocycles. The summed E-state index contributed by atoms with van der Waals surface area (Å²) in [5.41, 5.74) is 3.24. The van der Waals surface area contributed by atoms with Crippen molar-refractivity contribution in [3.05, 3.63) is 46.8 Å². The van der Waals surface area contributed by atoms with Crippen LogP contribution in [0.1, 0.15) is 42.3 Å². The maximum atomic E-state index is 5.32. The SMILES string of the molecule is CN=C(NCc1ccc(OC)c(C)c1)NCc1cc(C(C)C)no1. The Morgan fingerprint density at radius 2 is 2.00 bits per heavy atom. The van der Waals surface area contributed by atoms with Gasteiger partial charge in [-0.15, -0.1) is 0 Å². The van der Waals surface area contributed by atoms with Gasteiger partial charge in [0.1, 0.15) is 5.75 Å². The number of aromatic nitrogens is 1. The smallest absolute Gasteiger partial charge is 0.191 e. The minimum atomic E-state index is 0.359. The molecule has 0 aliphatic heterocycles. The number of nitrogens with zero attached hydrogens (tertiary/aromatic N) is 2. The van der Waals surface area contributed by atoms with Gasteiger partial charge >= 0.3 is 0 Å². The molecule has 130 valence electrons. The van der Waals surface area contributed by atoms with Crippen LogP contribution in [-0.2, 0) is 13.1 Å². The molecular weight excluding hydrogens is 304 g/mol. The van der Waals surface area contributed by atoms with Crippen molar-refractivity contribution in [1.29, 1.82) is 0 Å². The van der Waals surface area contributed by atoms with E-state index < -0.39 is 0 Å². The van der Waals surface area contributed by atoms with Gasteiger partial charge in [-0.2, -0.15) is 0 Å². The maximum Gasteiger partial charge on any atom is 0.191 e. The fourth-order valence-electron chi connectivity index (χ4n) is 2.31. The molecule has 6 heteroatoms. The second-order valence-electron chi connectivity index (χ2n) is 5.96. The topological polar surface area (TPSA) is 71.7 Å². The van der Waals surface area contributed by atoms with Crippen molar-refractivity contribution in [3.8, 4) is 5.75 Å². The summed E-state index contributed by atoms with van der Waals surface area (Å²) < 4.78 is 10.6. The van der Waals surface area contributed by atoms with Crippen LogP contribution in [0.3, 0.4) is 0 Å². The lowest BCUT2D eigenvalue weighted by molar-refractivity contribution is 0.372. The second kappa shape index (κ2) is 8.38. The van der Waals surface area contributed by atoms with E-state index in [0.29, 0.717) is 25.0 Å². The monoisotopic (exact) mass is 330 g/mol. The van der Waals surface area contributed by atoms with Gasteiger partial charge in [-0.25, -0.2) is 0 Å². The Balaban J connectivity index is 1.87. The second-order valence-corrected chi connectivity index (χ2v) is 5.96. The highest BCUT2D eigenvalue weighted by Crippen LogP contribution is 2.18. The molecule has 0 fully saturated rings. The molecule has 0 bridgehead atoms. The van der Waals surface area contributed by atoms with E-state index in [-0.39, 0.29) is 0 Å². The molecule has 1 aromatic carbocycles. The highest BCUT2D eigenvalue weighted by Gasteiger charge is 2.08. The summed E-state index contributed by atoms with van der Waals surface area (Å²) in [6.07, 6.45) is 0. The van der Waals surface area contributed by atoms with E-state index in [4.69, 9.17) is 9.26 Å². The predicted octanol–water partition coefficient (Wildman–Crippen LogP) is 2.98. The maximum absolute atomic E-state index is 5.32. The number of ether oxygens (including phenoxy) is 1. The highest BCUT2D eigenvalue weighted by molar-refractivity contribution is 5.79. The summed E-state index contributed by atoms with van der Waals surface area (Å²) in [7, 11) is 3.43. The summed E-state index contributed by atoms with van der Waals surface area (Å²) in [6, 6.07) is 8.09. The molecule has 0 radical (unpaired) electrons. The molecule has 0 aliphatic rings. The van der Waals surface area contributed by atoms with Crippen LogP contribution in [0.15, 0.2) is 33.8 Å². The molecule has 2 aromatic rings. The van der Waals surface area contributed by atoms with E-state index in [2.05, 4.69) is 40.7 Å². The van der Waals surface area contributed by atoms with Crippen LogP contribution in [0.2, 0.25) is 0 Å². The zero-order valence-electron chi connectivity index (χ0n) is 15.0. The van der Waals surface area contributed by atoms with E-state index in [0.717, 1.165) is 28.3 Å². The van der Waals surface area contributed by atoms with Gasteiger partial charge in [0.25, 0.3) is 0 Å². The summed E-state index contributed by atoms with van der Waals surface area (Å²) in [5, 5.41) is 10.6. The Morgan fingerprint density at radius 1 is 1.25 bits per heavy atom. The average molecular weight is 330 g/mol. The zero-order chi connectivity index (χ0) is 17.5. The van der Waals surface area contributed by atoms with Crippen LogP contribution in [0.4, 0.5) is 0 Å². The lowest BCUT2D eigenvalue weighted by Crippen LogP contribution is -2.36. The van der Waals surface area contributed by atoms with Gasteiger partial charge in [0, 0.05) is 19.7 Å². The van der Waals surface area contributed by atoms with Crippen molar-refractivity contribution in [3.63, 3.8) is 0 Å². The molecule has 0 saturated carbocycles. The summed E-state index contributed by atoms with van der Waals surface area (Å²) >= 11 is 0. The van der Waals surface area contributed by atoms with E-state index in [1.165, 1.54) is 0 Å². The van der Waals surface area contributed by atoms with Gasteiger partial charge in [0.2, 0.25) is 0 Å². The quantitative estimate of drug-likeness (QED) is 0.629. The number of aryl methyl sites for hydroxylation is 1. The van der Waals surface area contributed by atoms with Gasteiger partial charge in [-0.3, -0.25) is 4.99 Å². The van der Waals surface area contributed by atoms with Crippen LogP contribution in [0.5, 0.6) is 5.75 Å². The fourth-order valence-corrected chi connectivity index (χ4v) is 2.31. The van der Waals surface area contributed by atoms with E-state index in [1.54, 1.807) is 14.2 Å². The molecule has 1 heterocycles. The van der Waals surface area contributed by atoms with Crippen LogP contribution in [-0.4, -0.2) is 25.3 Å². The Hall–Kier alpha value is -2.50. The molecule has 0 saturated heterocycles. The van der Waals surface area contributed by atoms with Gasteiger partial charge in [0.05, 0.1) is 19.3 Å². The molecule has 6 nitrogen and oxygen atoms in total. The molecule has 0 atom stereocenters. The lowest BCUT2D eigenvalue weighted by atomic mass is 10.1. The molecule has 0 spiro atoms. The molecule has 0 amide bonds. The van der Waals surface area contributed by atoms with Gasteiger partial charge in [0.15, 0.2) is 11.7 Å². The largest absolute Gasteiger partial charge is 0.496 e. The van der Waals surface area contributed by atoms with Crippen molar-refractivity contribution in [1.82, 2.24) is 15.8 Å². The molecule has 1 aromatic heterocycles. The number of methoxy groups -OCH3 is 1. The van der Waals surface area contributed by atoms with Gasteiger partial charge < -0.3 is 19.9 Å². The predicted molar refractivity (Wildman–Crippen MR) is 95.4 cm³/mol. The van der Waals surface area contributed by atoms with Crippen LogP contribution >= 0.6 is 0 Å². The molecule has 24 heavy (non-hydrogen) atoms. The van der Waals surface area contributed by atoms with Crippen LogP contribution < -0.4 is 15.4 Å². The number of benzene rings is 1. The third kappa shape index (κ3) is 4.75. The number of nitrogens with one attached hydrogen (secondary N) is 2. The number of aliphatic imine (C=N–C) groups is 1. The average Bonchev–Trinajstić information content (AvgIpc) is 3.04. The normalized spacial score (nSPS) is 11.7. The van der Waals surface area contributed by atoms with Crippen molar-refractivity contribution < 1.29 is 9.26 Å². The van der Waals surface area contributed by atoms with Crippen molar-refractivity contribution in [2.75, 3.05) is 14.2 Å². The van der Waals surface area contributed by atoms with Crippen LogP contribution in [0, 0.1) is 6.92 Å². The molecule has 2 rings (SSSR count). The fraction of sp³-hybridized carbons (Fsp3) is 0.444. The number of hydrogen-bond acceptors (Lipinski definition) is 4. The minimum Gasteiger partial charge on any atom is -0.496 e. The third-order valence-electron chi connectivity index (χ3n) is 3.74. The Kier molecular flexibility index (Phi) is 6.23. The van der Waals surface area contributed by atoms with E-state index in [9.17, 15) is 0 Å². The lowest BCUT2D eigenvalue weighted by Gasteiger charge is -2.12. The first-order valence-corrected chi connectivity index (χ1v) is 8.07. The van der Waals surface area contributed by atoms with E-state index >= 15 is 0 Å². The Labute approximate surface area is 143 Å². The van der Waals surface area contributed by atoms with Crippen LogP contribution in [0.25, 0.3) is 0 Å². The van der Waals surface area contributed by atoms with Gasteiger partial charge in [-0.05, 0) is 30.0 Å². The summed E-state index contributed by atoms with van der Waals surface area (Å²) in [6.45, 7) is 7.43. The van der Waals surface area contributed by atoms with Crippen molar-refractivity contribution in [2.45, 2.75) is 39.8 Å². The first kappa shape index (κ1) is 17.8. The standard InChI is InChI=1S/C18H26N4O2/c1-12(2)16-9-15(24-22-16)11-21-18(19-4)20-10-14-6-7-17(23-5)13(3)8-14/h6-9,12H,10-11H2,1-5H3,(H2,19,20,21). The van der Waals surface area contributed by atoms with E-state index in [1.807, 2.05) is 25.1 Å². The molecular formula is C18H26N4O2. The van der Waals surface area contributed by atoms with Crippen molar-refractivity contribution >= 4 is 5.96 Å². The summed E-state index contributed by atoms with van der Waals surface area (Å²) in [5.74, 6) is 2.76. The first-order chi connectivity index (χ1) is 11.5. The molecule has 2 N–H and O–H groups in total. The first-order valence-electron chi connectivity index (χ1n) is 8.07. The zero-order valence-corrected chi connectivity index (χ0v) is 15.0. The Bertz CT molecular complexity index is 692. The number of rotatable bonds is 6. The van der Waals surface area contributed by atoms with Crippen molar-refractivity contribution in [2.24, 2.45) is 4.99 Å². The number of guanidine groups is 1. The van der Waals surface area contributed by atoms with Gasteiger partial charge in [-0.1, -0.05) is 31.1 Å². The minimum absolute atomic E-state index is 0.359. The summed E-state index contributed by atoms with van der Waals surface area (Å²) in [4.78, 5) is 4.22. The third-order valence-corrected chi connectivity index (χ3v) is 3.74. The number of hydrogen-bond donors (Lipinski definition) is 2. The highest BCUT2D eigenvalue weighted by atomic mass is 16.5. The molecule has 0 unspecified atom stereocenters.